The Balaban J connectivity index is 2.43. The lowest BCUT2D eigenvalue weighted by Crippen LogP contribution is -2.14. The zero-order valence-electron chi connectivity index (χ0n) is 13.2. The molecule has 0 aliphatic carbocycles. The van der Waals surface area contributed by atoms with Gasteiger partial charge in [0.1, 0.15) is 10.8 Å². The summed E-state index contributed by atoms with van der Waals surface area (Å²) in [5, 5.41) is 4.31. The average molecular weight is 302 g/mol. The van der Waals surface area contributed by atoms with Gasteiger partial charge in [0.15, 0.2) is 0 Å². The molecule has 0 spiro atoms. The monoisotopic (exact) mass is 302 g/mol. The highest BCUT2D eigenvalue weighted by Gasteiger charge is 2.16. The van der Waals surface area contributed by atoms with Gasteiger partial charge in [-0.3, -0.25) is 0 Å². The second-order valence-electron chi connectivity index (χ2n) is 5.11. The molecule has 2 rings (SSSR count). The number of nitrogens with one attached hydrogen (secondary N) is 1. The SMILES string of the molecule is CNC(C)c1c(OC)cccc1Sc1cc(C)cc(C)n1. The molecule has 1 aromatic carbocycles. The Kier molecular flexibility index (Phi) is 5.26. The second-order valence-corrected chi connectivity index (χ2v) is 6.17. The van der Waals surface area contributed by atoms with E-state index in [2.05, 4.69) is 42.3 Å². The zero-order valence-corrected chi connectivity index (χ0v) is 14.0. The molecule has 1 aromatic heterocycles. The van der Waals surface area contributed by atoms with Gasteiger partial charge < -0.3 is 10.1 Å². The zero-order chi connectivity index (χ0) is 15.4. The fourth-order valence-corrected chi connectivity index (χ4v) is 3.52. The predicted octanol–water partition coefficient (Wildman–Crippen LogP) is 4.14. The van der Waals surface area contributed by atoms with E-state index in [4.69, 9.17) is 4.74 Å². The quantitative estimate of drug-likeness (QED) is 0.900. The summed E-state index contributed by atoms with van der Waals surface area (Å²) in [5.41, 5.74) is 3.45. The van der Waals surface area contributed by atoms with Crippen molar-refractivity contribution >= 4 is 11.8 Å². The van der Waals surface area contributed by atoms with Crippen molar-refractivity contribution in [2.45, 2.75) is 36.7 Å². The van der Waals surface area contributed by atoms with Crippen molar-refractivity contribution in [3.8, 4) is 5.75 Å². The lowest BCUT2D eigenvalue weighted by atomic mass is 10.1. The third-order valence-corrected chi connectivity index (χ3v) is 4.40. The van der Waals surface area contributed by atoms with Gasteiger partial charge in [-0.05, 0) is 57.6 Å². The van der Waals surface area contributed by atoms with Gasteiger partial charge in [0.05, 0.1) is 7.11 Å². The summed E-state index contributed by atoms with van der Waals surface area (Å²) in [5.74, 6) is 0.909. The number of aryl methyl sites for hydroxylation is 2. The number of methoxy groups -OCH3 is 1. The maximum Gasteiger partial charge on any atom is 0.124 e. The van der Waals surface area contributed by atoms with Crippen molar-refractivity contribution in [1.29, 1.82) is 0 Å². The van der Waals surface area contributed by atoms with Crippen molar-refractivity contribution < 1.29 is 4.74 Å². The Morgan fingerprint density at radius 2 is 2.00 bits per heavy atom. The minimum Gasteiger partial charge on any atom is -0.496 e. The summed E-state index contributed by atoms with van der Waals surface area (Å²) < 4.78 is 5.52. The number of pyridine rings is 1. The molecule has 4 heteroatoms. The molecule has 0 saturated heterocycles. The van der Waals surface area contributed by atoms with E-state index in [0.29, 0.717) is 0 Å². The van der Waals surface area contributed by atoms with Crippen molar-refractivity contribution in [3.63, 3.8) is 0 Å². The summed E-state index contributed by atoms with van der Waals surface area (Å²) in [4.78, 5) is 5.79. The van der Waals surface area contributed by atoms with E-state index < -0.39 is 0 Å². The van der Waals surface area contributed by atoms with Crippen LogP contribution in [0.15, 0.2) is 40.3 Å². The van der Waals surface area contributed by atoms with E-state index in [1.54, 1.807) is 18.9 Å². The molecule has 1 heterocycles. The summed E-state index contributed by atoms with van der Waals surface area (Å²) in [6, 6.07) is 10.6. The normalized spacial score (nSPS) is 12.2. The Morgan fingerprint density at radius 1 is 1.24 bits per heavy atom. The highest BCUT2D eigenvalue weighted by Crippen LogP contribution is 2.37. The van der Waals surface area contributed by atoms with E-state index in [1.807, 2.05) is 26.1 Å². The molecule has 3 nitrogen and oxygen atoms in total. The van der Waals surface area contributed by atoms with Crippen LogP contribution in [0.4, 0.5) is 0 Å². The Hall–Kier alpha value is -1.52. The average Bonchev–Trinajstić information content (AvgIpc) is 2.45. The number of aromatic nitrogens is 1. The fraction of sp³-hybridized carbons (Fsp3) is 0.353. The van der Waals surface area contributed by atoms with Crippen LogP contribution in [0.5, 0.6) is 5.75 Å². The first-order chi connectivity index (χ1) is 10.0. The number of benzene rings is 1. The van der Waals surface area contributed by atoms with Crippen LogP contribution < -0.4 is 10.1 Å². The van der Waals surface area contributed by atoms with Crippen LogP contribution in [-0.2, 0) is 0 Å². The molecule has 1 unspecified atom stereocenters. The lowest BCUT2D eigenvalue weighted by molar-refractivity contribution is 0.401. The molecule has 0 aliphatic heterocycles. The molecule has 0 radical (unpaired) electrons. The van der Waals surface area contributed by atoms with Crippen LogP contribution in [0.1, 0.15) is 29.8 Å². The molecule has 1 N–H and O–H groups in total. The van der Waals surface area contributed by atoms with Crippen molar-refractivity contribution in [2.75, 3.05) is 14.2 Å². The number of ether oxygens (including phenoxy) is 1. The third-order valence-electron chi connectivity index (χ3n) is 3.40. The van der Waals surface area contributed by atoms with E-state index in [9.17, 15) is 0 Å². The number of hydrogen-bond donors (Lipinski definition) is 1. The lowest BCUT2D eigenvalue weighted by Gasteiger charge is -2.19. The Labute approximate surface area is 131 Å². The molecule has 0 amide bonds. The summed E-state index contributed by atoms with van der Waals surface area (Å²) in [7, 11) is 3.67. The first-order valence-electron chi connectivity index (χ1n) is 7.02. The van der Waals surface area contributed by atoms with Gasteiger partial charge in [-0.15, -0.1) is 0 Å². The summed E-state index contributed by atoms with van der Waals surface area (Å²) in [6.45, 7) is 6.26. The molecule has 0 aliphatic rings. The minimum atomic E-state index is 0.217. The number of rotatable bonds is 5. The first-order valence-corrected chi connectivity index (χ1v) is 7.84. The molecule has 112 valence electrons. The second kappa shape index (κ2) is 6.96. The van der Waals surface area contributed by atoms with E-state index in [-0.39, 0.29) is 6.04 Å². The van der Waals surface area contributed by atoms with Crippen molar-refractivity contribution in [2.24, 2.45) is 0 Å². The standard InChI is InChI=1S/C17H22N2OS/c1-11-9-12(2)19-16(10-11)21-15-8-6-7-14(20-5)17(15)13(3)18-4/h6-10,13,18H,1-5H3. The Morgan fingerprint density at radius 3 is 2.62 bits per heavy atom. The van der Waals surface area contributed by atoms with Gasteiger partial charge in [-0.2, -0.15) is 0 Å². The van der Waals surface area contributed by atoms with Gasteiger partial charge in [-0.25, -0.2) is 4.98 Å². The van der Waals surface area contributed by atoms with Crippen LogP contribution in [0.3, 0.4) is 0 Å². The van der Waals surface area contributed by atoms with Crippen LogP contribution >= 0.6 is 11.8 Å². The summed E-state index contributed by atoms with van der Waals surface area (Å²) in [6.07, 6.45) is 0. The van der Waals surface area contributed by atoms with Crippen molar-refractivity contribution in [1.82, 2.24) is 10.3 Å². The molecule has 21 heavy (non-hydrogen) atoms. The van der Waals surface area contributed by atoms with Crippen LogP contribution in [0.25, 0.3) is 0 Å². The summed E-state index contributed by atoms with van der Waals surface area (Å²) >= 11 is 1.68. The Bertz CT molecular complexity index is 608. The third kappa shape index (κ3) is 3.77. The van der Waals surface area contributed by atoms with Gasteiger partial charge in [0.25, 0.3) is 0 Å². The van der Waals surface area contributed by atoms with Crippen LogP contribution in [-0.4, -0.2) is 19.1 Å². The fourth-order valence-electron chi connectivity index (χ4n) is 2.33. The highest BCUT2D eigenvalue weighted by molar-refractivity contribution is 7.99. The molecule has 0 fully saturated rings. The smallest absolute Gasteiger partial charge is 0.124 e. The molecule has 0 bridgehead atoms. The topological polar surface area (TPSA) is 34.1 Å². The maximum atomic E-state index is 5.52. The molecular formula is C17H22N2OS. The predicted molar refractivity (Wildman–Crippen MR) is 88.3 cm³/mol. The van der Waals surface area contributed by atoms with Crippen LogP contribution in [0.2, 0.25) is 0 Å². The van der Waals surface area contributed by atoms with Gasteiger partial charge >= 0.3 is 0 Å². The highest BCUT2D eigenvalue weighted by atomic mass is 32.2. The van der Waals surface area contributed by atoms with E-state index >= 15 is 0 Å². The molecule has 1 atom stereocenters. The number of hydrogen-bond acceptors (Lipinski definition) is 4. The van der Waals surface area contributed by atoms with Gasteiger partial charge in [0.2, 0.25) is 0 Å². The molecular weight excluding hydrogens is 280 g/mol. The van der Waals surface area contributed by atoms with Crippen LogP contribution in [0, 0.1) is 13.8 Å². The van der Waals surface area contributed by atoms with E-state index in [0.717, 1.165) is 16.5 Å². The van der Waals surface area contributed by atoms with E-state index in [1.165, 1.54) is 16.0 Å². The maximum absolute atomic E-state index is 5.52. The van der Waals surface area contributed by atoms with Crippen molar-refractivity contribution in [3.05, 3.63) is 47.2 Å². The number of nitrogens with zero attached hydrogens (tertiary/aromatic N) is 1. The first kappa shape index (κ1) is 15.9. The molecule has 2 aromatic rings. The van der Waals surface area contributed by atoms with Gasteiger partial charge in [-0.1, -0.05) is 17.8 Å². The largest absolute Gasteiger partial charge is 0.496 e. The van der Waals surface area contributed by atoms with Gasteiger partial charge in [0, 0.05) is 22.2 Å². The molecule has 0 saturated carbocycles. The minimum absolute atomic E-state index is 0.217.